The number of aromatic nitrogens is 1. The Morgan fingerprint density at radius 2 is 2.06 bits per heavy atom. The molecule has 2 aliphatic heterocycles. The number of amides is 1. The first kappa shape index (κ1) is 20.6. The van der Waals surface area contributed by atoms with Crippen molar-refractivity contribution >= 4 is 22.5 Å². The summed E-state index contributed by atoms with van der Waals surface area (Å²) in [6.07, 6.45) is 3.07. The van der Waals surface area contributed by atoms with Gasteiger partial charge in [-0.1, -0.05) is 0 Å². The number of furan rings is 1. The van der Waals surface area contributed by atoms with Gasteiger partial charge in [0.15, 0.2) is 11.6 Å². The van der Waals surface area contributed by atoms with Crippen LogP contribution in [0.1, 0.15) is 29.1 Å². The highest BCUT2D eigenvalue weighted by molar-refractivity contribution is 6.00. The molecule has 8 nitrogen and oxygen atoms in total. The lowest BCUT2D eigenvalue weighted by Crippen LogP contribution is -2.45. The third-order valence-electron chi connectivity index (χ3n) is 6.21. The van der Waals surface area contributed by atoms with E-state index in [1.165, 1.54) is 12.3 Å². The molecule has 1 N–H and O–H groups in total. The molecule has 1 fully saturated rings. The number of carbonyl (C=O) groups is 1. The molecule has 0 saturated carbocycles. The highest BCUT2D eigenvalue weighted by Crippen LogP contribution is 2.42. The van der Waals surface area contributed by atoms with Crippen LogP contribution in [0, 0.1) is 5.82 Å². The lowest BCUT2D eigenvalue weighted by Gasteiger charge is -2.37. The molecule has 2 aromatic heterocycles. The molecule has 168 valence electrons. The average molecular weight is 440 g/mol. The Labute approximate surface area is 184 Å². The Morgan fingerprint density at radius 1 is 1.28 bits per heavy atom. The average Bonchev–Trinajstić information content (AvgIpc) is 3.30. The minimum Gasteiger partial charge on any atom is -0.487 e. The van der Waals surface area contributed by atoms with Gasteiger partial charge >= 0.3 is 0 Å². The predicted molar refractivity (Wildman–Crippen MR) is 118 cm³/mol. The molecule has 0 radical (unpaired) electrons. The maximum Gasteiger partial charge on any atom is 0.257 e. The molecule has 32 heavy (non-hydrogen) atoms. The molecule has 1 saturated heterocycles. The highest BCUT2D eigenvalue weighted by Gasteiger charge is 2.31. The first-order valence-corrected chi connectivity index (χ1v) is 10.7. The van der Waals surface area contributed by atoms with Crippen LogP contribution in [0.2, 0.25) is 0 Å². The zero-order valence-electron chi connectivity index (χ0n) is 18.1. The molecule has 0 aliphatic carbocycles. The number of carbonyl (C=O) groups excluding carboxylic acids is 1. The van der Waals surface area contributed by atoms with Gasteiger partial charge in [0.2, 0.25) is 5.43 Å². The van der Waals surface area contributed by atoms with Crippen LogP contribution in [0.25, 0.3) is 10.9 Å². The summed E-state index contributed by atoms with van der Waals surface area (Å²) in [5.74, 6) is -0.0842. The fraction of sp³-hybridized carbons (Fsp3) is 0.391. The number of hydrogen-bond acceptors (Lipinski definition) is 6. The number of piperazine rings is 1. The molecule has 5 rings (SSSR count). The van der Waals surface area contributed by atoms with Gasteiger partial charge in [-0.25, -0.2) is 4.39 Å². The second-order valence-electron chi connectivity index (χ2n) is 8.42. The van der Waals surface area contributed by atoms with E-state index in [4.69, 9.17) is 9.15 Å². The Bertz CT molecular complexity index is 1230. The van der Waals surface area contributed by atoms with E-state index in [0.717, 1.165) is 13.1 Å². The van der Waals surface area contributed by atoms with Gasteiger partial charge in [0, 0.05) is 32.4 Å². The maximum atomic E-state index is 15.4. The Kier molecular flexibility index (Phi) is 5.13. The third-order valence-corrected chi connectivity index (χ3v) is 6.21. The SMILES string of the molecule is C[C@H]1COc2c(N3CCN(C)CC3)c(F)cc3c(=O)c(C(=O)NCc4ccco4)cn1c23. The predicted octanol–water partition coefficient (Wildman–Crippen LogP) is 2.37. The van der Waals surface area contributed by atoms with Gasteiger partial charge < -0.3 is 28.8 Å². The maximum absolute atomic E-state index is 15.4. The number of halogens is 1. The van der Waals surface area contributed by atoms with Crippen LogP contribution in [0.4, 0.5) is 10.1 Å². The molecule has 2 aliphatic rings. The summed E-state index contributed by atoms with van der Waals surface area (Å²) in [6, 6.07) is 4.59. The number of likely N-dealkylation sites (N-methyl/N-ethyl adjacent to an activating group) is 1. The third kappa shape index (κ3) is 3.42. The molecule has 4 heterocycles. The van der Waals surface area contributed by atoms with Gasteiger partial charge in [0.1, 0.15) is 23.6 Å². The van der Waals surface area contributed by atoms with Crippen molar-refractivity contribution in [2.24, 2.45) is 0 Å². The summed E-state index contributed by atoms with van der Waals surface area (Å²) < 4.78 is 28.4. The van der Waals surface area contributed by atoms with Gasteiger partial charge in [-0.05, 0) is 32.2 Å². The van der Waals surface area contributed by atoms with Crippen molar-refractivity contribution in [3.05, 3.63) is 58.0 Å². The zero-order valence-corrected chi connectivity index (χ0v) is 18.1. The number of pyridine rings is 1. The van der Waals surface area contributed by atoms with Crippen molar-refractivity contribution in [3.63, 3.8) is 0 Å². The topological polar surface area (TPSA) is 80.0 Å². The van der Waals surface area contributed by atoms with Gasteiger partial charge in [-0.15, -0.1) is 0 Å². The van der Waals surface area contributed by atoms with Crippen molar-refractivity contribution in [1.29, 1.82) is 0 Å². The number of rotatable bonds is 4. The monoisotopic (exact) mass is 440 g/mol. The number of hydrogen-bond donors (Lipinski definition) is 1. The standard InChI is InChI=1S/C23H25FN4O4/c1-14-13-32-22-19-16(10-18(24)20(22)27-7-5-26(2)6-8-27)21(29)17(12-28(14)19)23(30)25-11-15-4-3-9-31-15/h3-4,9-10,12,14H,5-8,11,13H2,1-2H3,(H,25,30)/t14-/m0/s1. The van der Waals surface area contributed by atoms with E-state index in [2.05, 4.69) is 10.2 Å². The van der Waals surface area contributed by atoms with Crippen LogP contribution in [-0.2, 0) is 6.54 Å². The Morgan fingerprint density at radius 3 is 2.78 bits per heavy atom. The highest BCUT2D eigenvalue weighted by atomic mass is 19.1. The summed E-state index contributed by atoms with van der Waals surface area (Å²) >= 11 is 0. The fourth-order valence-corrected chi connectivity index (χ4v) is 4.37. The van der Waals surface area contributed by atoms with Crippen LogP contribution < -0.4 is 20.4 Å². The Hall–Kier alpha value is -3.33. The van der Waals surface area contributed by atoms with Crippen LogP contribution in [0.15, 0.2) is 39.9 Å². The van der Waals surface area contributed by atoms with E-state index in [1.807, 2.05) is 23.4 Å². The van der Waals surface area contributed by atoms with Crippen molar-refractivity contribution in [3.8, 4) is 5.75 Å². The molecule has 0 spiro atoms. The minimum absolute atomic E-state index is 0.0319. The number of nitrogens with zero attached hydrogens (tertiary/aromatic N) is 3. The second kappa shape index (κ2) is 7.98. The van der Waals surface area contributed by atoms with Gasteiger partial charge in [0.05, 0.1) is 29.8 Å². The summed E-state index contributed by atoms with van der Waals surface area (Å²) in [5, 5.41) is 2.85. The summed E-state index contributed by atoms with van der Waals surface area (Å²) in [5.41, 5.74) is 0.374. The lowest BCUT2D eigenvalue weighted by molar-refractivity contribution is 0.0946. The summed E-state index contributed by atoms with van der Waals surface area (Å²) in [7, 11) is 2.03. The largest absolute Gasteiger partial charge is 0.487 e. The van der Waals surface area contributed by atoms with E-state index in [9.17, 15) is 9.59 Å². The van der Waals surface area contributed by atoms with E-state index in [0.29, 0.717) is 42.4 Å². The fourth-order valence-electron chi connectivity index (χ4n) is 4.37. The quantitative estimate of drug-likeness (QED) is 0.671. The molecule has 0 bridgehead atoms. The second-order valence-corrected chi connectivity index (χ2v) is 8.42. The number of ether oxygens (including phenoxy) is 1. The summed E-state index contributed by atoms with van der Waals surface area (Å²) in [6.45, 7) is 5.39. The zero-order chi connectivity index (χ0) is 22.4. The van der Waals surface area contributed by atoms with Crippen molar-refractivity contribution < 1.29 is 18.3 Å². The van der Waals surface area contributed by atoms with Crippen molar-refractivity contribution in [2.75, 3.05) is 44.7 Å². The van der Waals surface area contributed by atoms with Gasteiger partial charge in [0.25, 0.3) is 5.91 Å². The van der Waals surface area contributed by atoms with Crippen LogP contribution in [-0.4, -0.2) is 55.2 Å². The molecular formula is C23H25FN4O4. The first-order chi connectivity index (χ1) is 15.4. The van der Waals surface area contributed by atoms with Crippen molar-refractivity contribution in [1.82, 2.24) is 14.8 Å². The molecular weight excluding hydrogens is 415 g/mol. The van der Waals surface area contributed by atoms with E-state index in [1.54, 1.807) is 18.3 Å². The number of benzene rings is 1. The molecule has 1 aromatic carbocycles. The van der Waals surface area contributed by atoms with Gasteiger partial charge in [-0.2, -0.15) is 0 Å². The molecule has 0 unspecified atom stereocenters. The van der Waals surface area contributed by atoms with Crippen LogP contribution in [0.3, 0.4) is 0 Å². The van der Waals surface area contributed by atoms with E-state index in [-0.39, 0.29) is 23.5 Å². The van der Waals surface area contributed by atoms with Crippen molar-refractivity contribution in [2.45, 2.75) is 19.5 Å². The smallest absolute Gasteiger partial charge is 0.257 e. The Balaban J connectivity index is 1.60. The molecule has 1 atom stereocenters. The summed E-state index contributed by atoms with van der Waals surface area (Å²) in [4.78, 5) is 30.2. The lowest BCUT2D eigenvalue weighted by atomic mass is 10.0. The molecule has 3 aromatic rings. The van der Waals surface area contributed by atoms with E-state index >= 15 is 4.39 Å². The molecule has 9 heteroatoms. The number of nitrogens with one attached hydrogen (secondary N) is 1. The molecule has 1 amide bonds. The van der Waals surface area contributed by atoms with E-state index < -0.39 is 17.2 Å². The van der Waals surface area contributed by atoms with Crippen LogP contribution in [0.5, 0.6) is 5.75 Å². The first-order valence-electron chi connectivity index (χ1n) is 10.7. The number of anilines is 1. The van der Waals surface area contributed by atoms with Crippen LogP contribution >= 0.6 is 0 Å². The normalized spacial score (nSPS) is 18.6. The minimum atomic E-state index is -0.527. The van der Waals surface area contributed by atoms with Gasteiger partial charge in [-0.3, -0.25) is 9.59 Å².